The number of aryl methyl sites for hydroxylation is 2. The maximum absolute atomic E-state index is 12.2. The van der Waals surface area contributed by atoms with Crippen molar-refractivity contribution in [2.45, 2.75) is 32.5 Å². The van der Waals surface area contributed by atoms with Crippen molar-refractivity contribution in [1.82, 2.24) is 10.2 Å². The maximum Gasteiger partial charge on any atom is 0.390 e. The summed E-state index contributed by atoms with van der Waals surface area (Å²) in [6.45, 7) is 4.62. The third kappa shape index (κ3) is 5.92. The summed E-state index contributed by atoms with van der Waals surface area (Å²) in [5.41, 5.74) is 3.44. The third-order valence-corrected chi connectivity index (χ3v) is 3.27. The van der Waals surface area contributed by atoms with Crippen molar-refractivity contribution in [2.24, 2.45) is 0 Å². The van der Waals surface area contributed by atoms with Gasteiger partial charge in [0.25, 0.3) is 0 Å². The van der Waals surface area contributed by atoms with Crippen LogP contribution in [0.1, 0.15) is 29.2 Å². The van der Waals surface area contributed by atoms with Gasteiger partial charge < -0.3 is 10.2 Å². The van der Waals surface area contributed by atoms with Gasteiger partial charge in [0.2, 0.25) is 0 Å². The second kappa shape index (κ2) is 7.09. The van der Waals surface area contributed by atoms with Gasteiger partial charge in [0.1, 0.15) is 0 Å². The van der Waals surface area contributed by atoms with E-state index in [2.05, 4.69) is 23.5 Å². The van der Waals surface area contributed by atoms with Crippen molar-refractivity contribution in [3.8, 4) is 0 Å². The van der Waals surface area contributed by atoms with Gasteiger partial charge in [-0.1, -0.05) is 29.3 Å². The molecule has 1 aromatic carbocycles. The Labute approximate surface area is 119 Å². The summed E-state index contributed by atoms with van der Waals surface area (Å²) in [6, 6.07) is 6.27. The summed E-state index contributed by atoms with van der Waals surface area (Å²) >= 11 is 0. The molecule has 0 aliphatic carbocycles. The summed E-state index contributed by atoms with van der Waals surface area (Å²) in [7, 11) is 3.55. The van der Waals surface area contributed by atoms with Gasteiger partial charge in [-0.2, -0.15) is 13.2 Å². The molecule has 1 aromatic rings. The van der Waals surface area contributed by atoms with Crippen molar-refractivity contribution < 1.29 is 13.2 Å². The van der Waals surface area contributed by atoms with E-state index >= 15 is 0 Å². The SMILES string of the molecule is CNC(CN(C)CCC(F)(F)F)c1cc(C)cc(C)c1. The van der Waals surface area contributed by atoms with Gasteiger partial charge in [-0.3, -0.25) is 0 Å². The zero-order chi connectivity index (χ0) is 15.3. The van der Waals surface area contributed by atoms with E-state index < -0.39 is 12.6 Å². The fraction of sp³-hybridized carbons (Fsp3) is 0.600. The van der Waals surface area contributed by atoms with Crippen LogP contribution in [0.15, 0.2) is 18.2 Å². The average Bonchev–Trinajstić information content (AvgIpc) is 2.31. The van der Waals surface area contributed by atoms with Gasteiger partial charge in [0.15, 0.2) is 0 Å². The zero-order valence-electron chi connectivity index (χ0n) is 12.5. The molecular formula is C15H23F3N2. The van der Waals surface area contributed by atoms with Crippen LogP contribution in [-0.2, 0) is 0 Å². The molecule has 1 atom stereocenters. The molecule has 0 aromatic heterocycles. The van der Waals surface area contributed by atoms with Gasteiger partial charge in [0, 0.05) is 19.1 Å². The Balaban J connectivity index is 2.67. The van der Waals surface area contributed by atoms with Crippen molar-refractivity contribution in [2.75, 3.05) is 27.2 Å². The minimum Gasteiger partial charge on any atom is -0.312 e. The Morgan fingerprint density at radius 1 is 1.15 bits per heavy atom. The Hall–Kier alpha value is -1.07. The van der Waals surface area contributed by atoms with Crippen LogP contribution in [0.2, 0.25) is 0 Å². The lowest BCUT2D eigenvalue weighted by Gasteiger charge is -2.25. The number of hydrogen-bond acceptors (Lipinski definition) is 2. The average molecular weight is 288 g/mol. The molecule has 5 heteroatoms. The van der Waals surface area contributed by atoms with Crippen LogP contribution >= 0.6 is 0 Å². The number of halogens is 3. The fourth-order valence-corrected chi connectivity index (χ4v) is 2.30. The molecule has 1 N–H and O–H groups in total. The summed E-state index contributed by atoms with van der Waals surface area (Å²) < 4.78 is 36.7. The molecule has 0 heterocycles. The van der Waals surface area contributed by atoms with Gasteiger partial charge in [-0.05, 0) is 33.5 Å². The predicted molar refractivity (Wildman–Crippen MR) is 75.9 cm³/mol. The highest BCUT2D eigenvalue weighted by Crippen LogP contribution is 2.21. The Bertz CT molecular complexity index is 409. The van der Waals surface area contributed by atoms with E-state index in [1.165, 1.54) is 0 Å². The van der Waals surface area contributed by atoms with Crippen LogP contribution in [0, 0.1) is 13.8 Å². The number of nitrogens with zero attached hydrogens (tertiary/aromatic N) is 1. The first-order chi connectivity index (χ1) is 9.21. The lowest BCUT2D eigenvalue weighted by atomic mass is 10.0. The summed E-state index contributed by atoms with van der Waals surface area (Å²) in [4.78, 5) is 1.71. The molecule has 0 amide bonds. The molecule has 0 aliphatic rings. The molecule has 0 bridgehead atoms. The predicted octanol–water partition coefficient (Wildman–Crippen LogP) is 3.45. The Morgan fingerprint density at radius 2 is 1.70 bits per heavy atom. The van der Waals surface area contributed by atoms with E-state index in [4.69, 9.17) is 0 Å². The van der Waals surface area contributed by atoms with Crippen LogP contribution in [0.4, 0.5) is 13.2 Å². The molecule has 0 spiro atoms. The molecule has 20 heavy (non-hydrogen) atoms. The van der Waals surface area contributed by atoms with Crippen molar-refractivity contribution >= 4 is 0 Å². The quantitative estimate of drug-likeness (QED) is 0.862. The van der Waals surface area contributed by atoms with E-state index in [0.29, 0.717) is 6.54 Å². The topological polar surface area (TPSA) is 15.3 Å². The smallest absolute Gasteiger partial charge is 0.312 e. The lowest BCUT2D eigenvalue weighted by molar-refractivity contribution is -0.137. The number of hydrogen-bond donors (Lipinski definition) is 1. The van der Waals surface area contributed by atoms with Crippen LogP contribution in [0.25, 0.3) is 0 Å². The first kappa shape index (κ1) is 17.0. The Kier molecular flexibility index (Phi) is 6.02. The summed E-state index contributed by atoms with van der Waals surface area (Å²) in [5, 5.41) is 3.18. The molecule has 0 fully saturated rings. The molecule has 1 unspecified atom stereocenters. The molecule has 1 rings (SSSR count). The minimum atomic E-state index is -4.09. The second-order valence-corrected chi connectivity index (χ2v) is 5.39. The highest BCUT2D eigenvalue weighted by Gasteiger charge is 2.27. The van der Waals surface area contributed by atoms with Crippen LogP contribution in [0.5, 0.6) is 0 Å². The van der Waals surface area contributed by atoms with Gasteiger partial charge >= 0.3 is 6.18 Å². The normalized spacial score (nSPS) is 13.8. The maximum atomic E-state index is 12.2. The monoisotopic (exact) mass is 288 g/mol. The number of nitrogens with one attached hydrogen (secondary N) is 1. The number of rotatable bonds is 6. The van der Waals surface area contributed by atoms with Crippen LogP contribution in [0.3, 0.4) is 0 Å². The standard InChI is InChI=1S/C15H23F3N2/c1-11-7-12(2)9-13(8-11)14(19-3)10-20(4)6-5-15(16,17)18/h7-9,14,19H,5-6,10H2,1-4H3. The highest BCUT2D eigenvalue weighted by molar-refractivity contribution is 5.30. The zero-order valence-corrected chi connectivity index (χ0v) is 12.5. The van der Waals surface area contributed by atoms with Crippen molar-refractivity contribution in [1.29, 1.82) is 0 Å². The minimum absolute atomic E-state index is 0.0203. The summed E-state index contributed by atoms with van der Waals surface area (Å²) in [5.74, 6) is 0. The second-order valence-electron chi connectivity index (χ2n) is 5.39. The highest BCUT2D eigenvalue weighted by atomic mass is 19.4. The lowest BCUT2D eigenvalue weighted by Crippen LogP contribution is -2.33. The largest absolute Gasteiger partial charge is 0.390 e. The molecule has 0 saturated carbocycles. The first-order valence-corrected chi connectivity index (χ1v) is 6.72. The van der Waals surface area contributed by atoms with Crippen molar-refractivity contribution in [3.05, 3.63) is 34.9 Å². The van der Waals surface area contributed by atoms with E-state index in [0.717, 1.165) is 16.7 Å². The molecule has 0 aliphatic heterocycles. The van der Waals surface area contributed by atoms with E-state index in [9.17, 15) is 13.2 Å². The molecule has 0 radical (unpaired) electrons. The van der Waals surface area contributed by atoms with Gasteiger partial charge in [-0.25, -0.2) is 0 Å². The third-order valence-electron chi connectivity index (χ3n) is 3.27. The van der Waals surface area contributed by atoms with Gasteiger partial charge in [0.05, 0.1) is 6.42 Å². The Morgan fingerprint density at radius 3 is 2.15 bits per heavy atom. The fourth-order valence-electron chi connectivity index (χ4n) is 2.30. The summed E-state index contributed by atoms with van der Waals surface area (Å²) in [6.07, 6.45) is -4.86. The van der Waals surface area contributed by atoms with E-state index in [1.54, 1.807) is 11.9 Å². The van der Waals surface area contributed by atoms with E-state index in [-0.39, 0.29) is 12.6 Å². The number of likely N-dealkylation sites (N-methyl/N-ethyl adjacent to an activating group) is 2. The van der Waals surface area contributed by atoms with Gasteiger partial charge in [-0.15, -0.1) is 0 Å². The molecular weight excluding hydrogens is 265 g/mol. The number of benzene rings is 1. The number of alkyl halides is 3. The molecule has 114 valence electrons. The van der Waals surface area contributed by atoms with Crippen molar-refractivity contribution in [3.63, 3.8) is 0 Å². The first-order valence-electron chi connectivity index (χ1n) is 6.72. The van der Waals surface area contributed by atoms with E-state index in [1.807, 2.05) is 20.9 Å². The van der Waals surface area contributed by atoms with Crippen LogP contribution < -0.4 is 5.32 Å². The molecule has 2 nitrogen and oxygen atoms in total. The van der Waals surface area contributed by atoms with Crippen LogP contribution in [-0.4, -0.2) is 38.3 Å². The molecule has 0 saturated heterocycles.